The fourth-order valence-corrected chi connectivity index (χ4v) is 1.05. The Hall–Kier alpha value is -0.930. The molecule has 0 unspecified atom stereocenters. The van der Waals surface area contributed by atoms with Crippen LogP contribution in [0.25, 0.3) is 0 Å². The van der Waals surface area contributed by atoms with Gasteiger partial charge >= 0.3 is 0 Å². The Morgan fingerprint density at radius 2 is 2.55 bits per heavy atom. The van der Waals surface area contributed by atoms with Gasteiger partial charge in [-0.3, -0.25) is 10.3 Å². The van der Waals surface area contributed by atoms with Crippen LogP contribution in [0.3, 0.4) is 0 Å². The van der Waals surface area contributed by atoms with Crippen LogP contribution in [-0.2, 0) is 4.74 Å². The molecule has 0 bridgehead atoms. The Balaban J connectivity index is 2.16. The van der Waals surface area contributed by atoms with Crippen molar-refractivity contribution in [2.75, 3.05) is 13.2 Å². The molecule has 1 saturated heterocycles. The molecule has 3 nitrogen and oxygen atoms in total. The molecule has 1 aliphatic rings. The first-order valence-corrected chi connectivity index (χ1v) is 3.61. The van der Waals surface area contributed by atoms with Crippen molar-refractivity contribution < 1.29 is 4.74 Å². The lowest BCUT2D eigenvalue weighted by Crippen LogP contribution is -2.14. The minimum absolute atomic E-state index is 0.754. The van der Waals surface area contributed by atoms with E-state index in [1.54, 1.807) is 12.4 Å². The summed E-state index contributed by atoms with van der Waals surface area (Å²) in [5, 5.41) is 3.13. The van der Waals surface area contributed by atoms with Crippen LogP contribution in [0.5, 0.6) is 0 Å². The first kappa shape index (κ1) is 6.76. The number of nitrogens with zero attached hydrogens (tertiary/aromatic N) is 1. The molecule has 1 fully saturated rings. The number of ether oxygens (including phenoxy) is 1. The Kier molecular flexibility index (Phi) is 1.83. The second-order valence-corrected chi connectivity index (χ2v) is 2.35. The zero-order chi connectivity index (χ0) is 7.52. The van der Waals surface area contributed by atoms with Crippen molar-refractivity contribution in [2.24, 2.45) is 0 Å². The highest BCUT2D eigenvalue weighted by atomic mass is 16.5. The zero-order valence-electron chi connectivity index (χ0n) is 6.08. The van der Waals surface area contributed by atoms with Gasteiger partial charge in [-0.1, -0.05) is 6.07 Å². The van der Waals surface area contributed by atoms with E-state index in [-0.39, 0.29) is 0 Å². The Morgan fingerprint density at radius 1 is 1.55 bits per heavy atom. The number of hydrogen-bond donors (Lipinski definition) is 1. The maximum absolute atomic E-state index is 5.30. The lowest BCUT2D eigenvalue weighted by atomic mass is 10.2. The summed E-state index contributed by atoms with van der Waals surface area (Å²) in [5.41, 5.74) is 1.02. The maximum Gasteiger partial charge on any atom is 0.194 e. The third kappa shape index (κ3) is 1.39. The summed E-state index contributed by atoms with van der Waals surface area (Å²) >= 11 is 0. The number of rotatable bonds is 1. The van der Waals surface area contributed by atoms with Gasteiger partial charge in [0.1, 0.15) is 0 Å². The van der Waals surface area contributed by atoms with E-state index in [1.165, 1.54) is 0 Å². The Labute approximate surface area is 65.4 Å². The van der Waals surface area contributed by atoms with Crippen molar-refractivity contribution in [2.45, 2.75) is 0 Å². The highest BCUT2D eigenvalue weighted by Crippen LogP contribution is 2.14. The van der Waals surface area contributed by atoms with Gasteiger partial charge in [0.15, 0.2) is 6.23 Å². The van der Waals surface area contributed by atoms with E-state index < -0.39 is 0 Å². The Morgan fingerprint density at radius 3 is 3.18 bits per heavy atom. The highest BCUT2D eigenvalue weighted by molar-refractivity contribution is 5.22. The van der Waals surface area contributed by atoms with E-state index in [0.717, 1.165) is 24.9 Å². The second-order valence-electron chi connectivity index (χ2n) is 2.35. The molecule has 2 rings (SSSR count). The highest BCUT2D eigenvalue weighted by Gasteiger charge is 2.17. The summed E-state index contributed by atoms with van der Waals surface area (Å²) in [6.07, 6.45) is 4.38. The largest absolute Gasteiger partial charge is 0.350 e. The molecule has 11 heavy (non-hydrogen) atoms. The van der Waals surface area contributed by atoms with Crippen molar-refractivity contribution in [3.8, 4) is 0 Å². The predicted octanol–water partition coefficient (Wildman–Crippen LogP) is 0.539. The van der Waals surface area contributed by atoms with Gasteiger partial charge in [-0.15, -0.1) is 0 Å². The van der Waals surface area contributed by atoms with Crippen LogP contribution in [0.4, 0.5) is 0 Å². The van der Waals surface area contributed by atoms with Gasteiger partial charge in [0.25, 0.3) is 0 Å². The lowest BCUT2D eigenvalue weighted by molar-refractivity contribution is 0.214. The molecule has 57 valence electrons. The van der Waals surface area contributed by atoms with Gasteiger partial charge in [-0.05, 0) is 6.07 Å². The van der Waals surface area contributed by atoms with Crippen LogP contribution in [0.1, 0.15) is 5.56 Å². The summed E-state index contributed by atoms with van der Waals surface area (Å²) in [4.78, 5) is 3.99. The number of hydrogen-bond acceptors (Lipinski definition) is 3. The molecule has 2 heterocycles. The molecular formula is C8H9N2O. The third-order valence-corrected chi connectivity index (χ3v) is 1.56. The molecule has 3 heteroatoms. The molecule has 0 spiro atoms. The number of nitrogens with one attached hydrogen (secondary N) is 1. The first-order chi connectivity index (χ1) is 5.47. The number of pyridine rings is 1. The SMILES string of the molecule is c1cncc([C]2NCCO2)c1. The molecule has 0 aliphatic carbocycles. The van der Waals surface area contributed by atoms with Gasteiger partial charge in [0.05, 0.1) is 6.61 Å². The van der Waals surface area contributed by atoms with E-state index in [0.29, 0.717) is 0 Å². The van der Waals surface area contributed by atoms with E-state index in [9.17, 15) is 0 Å². The van der Waals surface area contributed by atoms with Crippen molar-refractivity contribution in [3.05, 3.63) is 36.3 Å². The second kappa shape index (κ2) is 2.98. The average Bonchev–Trinajstić information content (AvgIpc) is 2.58. The predicted molar refractivity (Wildman–Crippen MR) is 40.5 cm³/mol. The number of aromatic nitrogens is 1. The molecule has 1 aromatic rings. The minimum Gasteiger partial charge on any atom is -0.350 e. The van der Waals surface area contributed by atoms with Crippen molar-refractivity contribution in [3.63, 3.8) is 0 Å². The molecule has 1 radical (unpaired) electrons. The van der Waals surface area contributed by atoms with E-state index >= 15 is 0 Å². The topological polar surface area (TPSA) is 34.2 Å². The summed E-state index contributed by atoms with van der Waals surface area (Å²) in [7, 11) is 0. The van der Waals surface area contributed by atoms with Crippen molar-refractivity contribution >= 4 is 0 Å². The van der Waals surface area contributed by atoms with Crippen molar-refractivity contribution in [1.82, 2.24) is 10.3 Å². The molecule has 0 saturated carbocycles. The lowest BCUT2D eigenvalue weighted by Gasteiger charge is -2.05. The summed E-state index contributed by atoms with van der Waals surface area (Å²) < 4.78 is 5.30. The molecular weight excluding hydrogens is 140 g/mol. The average molecular weight is 149 g/mol. The maximum atomic E-state index is 5.30. The van der Waals surface area contributed by atoms with Crippen molar-refractivity contribution in [1.29, 1.82) is 0 Å². The standard InChI is InChI=1S/C8H9N2O/c1-2-7(6-9-3-1)8-10-4-5-11-8/h1-3,6,10H,4-5H2. The van der Waals surface area contributed by atoms with E-state index in [2.05, 4.69) is 10.3 Å². The van der Waals surface area contributed by atoms with Crippen LogP contribution < -0.4 is 5.32 Å². The minimum atomic E-state index is 0.754. The molecule has 1 N–H and O–H groups in total. The quantitative estimate of drug-likeness (QED) is 0.632. The van der Waals surface area contributed by atoms with Crippen LogP contribution >= 0.6 is 0 Å². The smallest absolute Gasteiger partial charge is 0.194 e. The fourth-order valence-electron chi connectivity index (χ4n) is 1.05. The van der Waals surface area contributed by atoms with E-state index in [1.807, 2.05) is 12.1 Å². The summed E-state index contributed by atoms with van der Waals surface area (Å²) in [5.74, 6) is 0. The van der Waals surface area contributed by atoms with E-state index in [4.69, 9.17) is 4.74 Å². The molecule has 1 aliphatic heterocycles. The van der Waals surface area contributed by atoms with Crippen LogP contribution in [0.15, 0.2) is 24.5 Å². The summed E-state index contributed by atoms with van der Waals surface area (Å²) in [6, 6.07) is 3.87. The molecule has 0 amide bonds. The molecule has 0 atom stereocenters. The van der Waals surface area contributed by atoms with Gasteiger partial charge in [-0.25, -0.2) is 0 Å². The monoisotopic (exact) mass is 149 g/mol. The molecule has 1 aromatic heterocycles. The summed E-state index contributed by atoms with van der Waals surface area (Å²) in [6.45, 7) is 1.65. The third-order valence-electron chi connectivity index (χ3n) is 1.56. The van der Waals surface area contributed by atoms with Crippen LogP contribution in [0.2, 0.25) is 0 Å². The zero-order valence-corrected chi connectivity index (χ0v) is 6.08. The normalized spacial score (nSPS) is 18.9. The fraction of sp³-hybridized carbons (Fsp3) is 0.250. The van der Waals surface area contributed by atoms with Gasteiger partial charge in [0.2, 0.25) is 0 Å². The van der Waals surface area contributed by atoms with Gasteiger partial charge in [0, 0.05) is 24.5 Å². The van der Waals surface area contributed by atoms with Gasteiger partial charge < -0.3 is 4.74 Å². The van der Waals surface area contributed by atoms with Crippen LogP contribution in [0, 0.1) is 6.23 Å². The van der Waals surface area contributed by atoms with Crippen LogP contribution in [-0.4, -0.2) is 18.1 Å². The van der Waals surface area contributed by atoms with Gasteiger partial charge in [-0.2, -0.15) is 0 Å². The first-order valence-electron chi connectivity index (χ1n) is 3.61. The Bertz CT molecular complexity index is 219. The molecule has 0 aromatic carbocycles.